The Morgan fingerprint density at radius 3 is 2.47 bits per heavy atom. The first-order chi connectivity index (χ1) is 16.7. The number of ether oxygens (including phenoxy) is 1. The van der Waals surface area contributed by atoms with Gasteiger partial charge in [0, 0.05) is 35.6 Å². The predicted octanol–water partition coefficient (Wildman–Crippen LogP) is 4.46. The number of anilines is 1. The minimum atomic E-state index is -0.511. The lowest BCUT2D eigenvalue weighted by molar-refractivity contribution is -0.123. The molecule has 6 rings (SSSR count). The number of benzene rings is 3. The standard InChI is InChI=1S/C28H25N3O3/c1-34-25-14-8-7-13-23(25)31-26(32)15-24(28(31)33)30-16-20(18-9-3-2-4-10-18)27-19-11-5-6-12-21(19)29-22(27)17-30/h2-14,20,24,29H,15-17H2,1H3. The third kappa shape index (κ3) is 3.22. The molecule has 34 heavy (non-hydrogen) atoms. The Kier molecular flexibility index (Phi) is 4.96. The van der Waals surface area contributed by atoms with Gasteiger partial charge in [0.25, 0.3) is 5.91 Å². The molecule has 0 radical (unpaired) electrons. The predicted molar refractivity (Wildman–Crippen MR) is 131 cm³/mol. The van der Waals surface area contributed by atoms with Crippen LogP contribution in [0.3, 0.4) is 0 Å². The quantitative estimate of drug-likeness (QED) is 0.466. The number of aromatic nitrogens is 1. The van der Waals surface area contributed by atoms with Gasteiger partial charge in [-0.2, -0.15) is 0 Å². The van der Waals surface area contributed by atoms with Crippen molar-refractivity contribution in [2.45, 2.75) is 24.9 Å². The summed E-state index contributed by atoms with van der Waals surface area (Å²) in [4.78, 5) is 33.7. The topological polar surface area (TPSA) is 65.6 Å². The molecule has 6 heteroatoms. The minimum Gasteiger partial charge on any atom is -0.495 e. The first kappa shape index (κ1) is 20.7. The number of nitrogens with one attached hydrogen (secondary N) is 1. The molecule has 2 aliphatic heterocycles. The maximum atomic E-state index is 13.6. The molecular formula is C28H25N3O3. The van der Waals surface area contributed by atoms with Gasteiger partial charge in [-0.1, -0.05) is 60.7 Å². The number of carbonyl (C=O) groups excluding carboxylic acids is 2. The van der Waals surface area contributed by atoms with E-state index in [1.165, 1.54) is 21.4 Å². The summed E-state index contributed by atoms with van der Waals surface area (Å²) in [7, 11) is 1.55. The maximum Gasteiger partial charge on any atom is 0.251 e. The number of fused-ring (bicyclic) bond motifs is 3. The van der Waals surface area contributed by atoms with Crippen LogP contribution < -0.4 is 9.64 Å². The molecule has 2 atom stereocenters. The van der Waals surface area contributed by atoms with Crippen LogP contribution in [0.1, 0.15) is 29.2 Å². The van der Waals surface area contributed by atoms with Crippen molar-refractivity contribution in [3.63, 3.8) is 0 Å². The lowest BCUT2D eigenvalue weighted by Crippen LogP contribution is -2.45. The fourth-order valence-electron chi connectivity index (χ4n) is 5.50. The number of methoxy groups -OCH3 is 1. The van der Waals surface area contributed by atoms with Crippen LogP contribution in [0.4, 0.5) is 5.69 Å². The van der Waals surface area contributed by atoms with E-state index in [0.717, 1.165) is 11.2 Å². The van der Waals surface area contributed by atoms with Gasteiger partial charge >= 0.3 is 0 Å². The molecule has 0 bridgehead atoms. The van der Waals surface area contributed by atoms with Crippen molar-refractivity contribution >= 4 is 28.4 Å². The Labute approximate surface area is 197 Å². The molecule has 1 saturated heterocycles. The van der Waals surface area contributed by atoms with Crippen molar-refractivity contribution < 1.29 is 14.3 Å². The van der Waals surface area contributed by atoms with Gasteiger partial charge in [0.05, 0.1) is 25.3 Å². The highest BCUT2D eigenvalue weighted by molar-refractivity contribution is 6.23. The van der Waals surface area contributed by atoms with Crippen molar-refractivity contribution in [3.8, 4) is 5.75 Å². The van der Waals surface area contributed by atoms with E-state index < -0.39 is 6.04 Å². The maximum absolute atomic E-state index is 13.6. The molecule has 1 fully saturated rings. The molecule has 2 aliphatic rings. The number of nitrogens with zero attached hydrogens (tertiary/aromatic N) is 2. The number of aromatic amines is 1. The molecular weight excluding hydrogens is 426 g/mol. The lowest BCUT2D eigenvalue weighted by atomic mass is 9.85. The highest BCUT2D eigenvalue weighted by Crippen LogP contribution is 2.41. The van der Waals surface area contributed by atoms with E-state index in [1.54, 1.807) is 19.2 Å². The third-order valence-electron chi connectivity index (χ3n) is 7.05. The Morgan fingerprint density at radius 2 is 1.65 bits per heavy atom. The highest BCUT2D eigenvalue weighted by Gasteiger charge is 2.46. The number of hydrogen-bond acceptors (Lipinski definition) is 4. The van der Waals surface area contributed by atoms with Crippen molar-refractivity contribution in [2.24, 2.45) is 0 Å². The molecule has 1 aromatic heterocycles. The van der Waals surface area contributed by atoms with Gasteiger partial charge in [0.2, 0.25) is 5.91 Å². The third-order valence-corrected chi connectivity index (χ3v) is 7.05. The fraction of sp³-hybridized carbons (Fsp3) is 0.214. The van der Waals surface area contributed by atoms with Gasteiger partial charge in [0.1, 0.15) is 5.75 Å². The van der Waals surface area contributed by atoms with Gasteiger partial charge in [-0.15, -0.1) is 0 Å². The Bertz CT molecular complexity index is 1390. The van der Waals surface area contributed by atoms with E-state index in [-0.39, 0.29) is 24.2 Å². The number of hydrogen-bond donors (Lipinski definition) is 1. The zero-order valence-electron chi connectivity index (χ0n) is 18.9. The van der Waals surface area contributed by atoms with Crippen LogP contribution in [0.15, 0.2) is 78.9 Å². The first-order valence-electron chi connectivity index (χ1n) is 11.5. The normalized spacial score (nSPS) is 20.7. The van der Waals surface area contributed by atoms with E-state index in [4.69, 9.17) is 4.74 Å². The number of carbonyl (C=O) groups is 2. The summed E-state index contributed by atoms with van der Waals surface area (Å²) < 4.78 is 5.43. The second-order valence-corrected chi connectivity index (χ2v) is 8.91. The zero-order valence-corrected chi connectivity index (χ0v) is 18.9. The summed E-state index contributed by atoms with van der Waals surface area (Å²) in [5, 5.41) is 1.22. The summed E-state index contributed by atoms with van der Waals surface area (Å²) in [6, 6.07) is 25.4. The summed E-state index contributed by atoms with van der Waals surface area (Å²) in [5.41, 5.74) is 5.20. The van der Waals surface area contributed by atoms with E-state index >= 15 is 0 Å². The van der Waals surface area contributed by atoms with Gasteiger partial charge in [-0.3, -0.25) is 14.5 Å². The van der Waals surface area contributed by atoms with Crippen LogP contribution in [-0.2, 0) is 16.1 Å². The van der Waals surface area contributed by atoms with E-state index in [1.807, 2.05) is 24.3 Å². The Hall–Kier alpha value is -3.90. The molecule has 0 aliphatic carbocycles. The van der Waals surface area contributed by atoms with E-state index in [9.17, 15) is 9.59 Å². The fourth-order valence-corrected chi connectivity index (χ4v) is 5.50. The van der Waals surface area contributed by atoms with Gasteiger partial charge in [0.15, 0.2) is 0 Å². The number of para-hydroxylation sites is 3. The smallest absolute Gasteiger partial charge is 0.251 e. The lowest BCUT2D eigenvalue weighted by Gasteiger charge is -2.36. The van der Waals surface area contributed by atoms with Crippen LogP contribution in [0.5, 0.6) is 5.75 Å². The molecule has 0 saturated carbocycles. The summed E-state index contributed by atoms with van der Waals surface area (Å²) in [6.07, 6.45) is 0.161. The number of imide groups is 1. The van der Waals surface area contributed by atoms with Crippen LogP contribution in [0, 0.1) is 0 Å². The average Bonchev–Trinajstić information content (AvgIpc) is 3.40. The van der Waals surface area contributed by atoms with Gasteiger partial charge in [-0.25, -0.2) is 4.90 Å². The second kappa shape index (κ2) is 8.15. The highest BCUT2D eigenvalue weighted by atomic mass is 16.5. The van der Waals surface area contributed by atoms with Crippen LogP contribution in [-0.4, -0.2) is 41.4 Å². The molecule has 3 heterocycles. The molecule has 2 unspecified atom stereocenters. The first-order valence-corrected chi connectivity index (χ1v) is 11.5. The van der Waals surface area contributed by atoms with Crippen molar-refractivity contribution in [1.29, 1.82) is 0 Å². The van der Waals surface area contributed by atoms with Gasteiger partial charge in [-0.05, 0) is 29.3 Å². The number of amides is 2. The number of H-pyrrole nitrogens is 1. The van der Waals surface area contributed by atoms with Crippen molar-refractivity contribution in [2.75, 3.05) is 18.6 Å². The molecule has 170 valence electrons. The monoisotopic (exact) mass is 451 g/mol. The zero-order chi connectivity index (χ0) is 23.2. The summed E-state index contributed by atoms with van der Waals surface area (Å²) in [5.74, 6) is 0.229. The Balaban J connectivity index is 1.39. The van der Waals surface area contributed by atoms with E-state index in [2.05, 4.69) is 52.3 Å². The summed E-state index contributed by atoms with van der Waals surface area (Å²) in [6.45, 7) is 1.26. The summed E-state index contributed by atoms with van der Waals surface area (Å²) >= 11 is 0. The minimum absolute atomic E-state index is 0.101. The second-order valence-electron chi connectivity index (χ2n) is 8.91. The molecule has 4 aromatic rings. The molecule has 2 amide bonds. The van der Waals surface area contributed by atoms with Crippen molar-refractivity contribution in [1.82, 2.24) is 9.88 Å². The average molecular weight is 452 g/mol. The molecule has 1 N–H and O–H groups in total. The SMILES string of the molecule is COc1ccccc1N1C(=O)CC(N2Cc3[nH]c4ccccc4c3C(c3ccccc3)C2)C1=O. The Morgan fingerprint density at radius 1 is 0.912 bits per heavy atom. The largest absolute Gasteiger partial charge is 0.495 e. The molecule has 3 aromatic carbocycles. The molecule has 0 spiro atoms. The molecule has 6 nitrogen and oxygen atoms in total. The number of rotatable bonds is 4. The van der Waals surface area contributed by atoms with Gasteiger partial charge < -0.3 is 9.72 Å². The van der Waals surface area contributed by atoms with E-state index in [0.29, 0.717) is 24.5 Å². The van der Waals surface area contributed by atoms with Crippen molar-refractivity contribution in [3.05, 3.63) is 95.7 Å². The van der Waals surface area contributed by atoms with Crippen LogP contribution in [0.25, 0.3) is 10.9 Å². The van der Waals surface area contributed by atoms with Crippen LogP contribution >= 0.6 is 0 Å². The van der Waals surface area contributed by atoms with Crippen LogP contribution in [0.2, 0.25) is 0 Å².